The summed E-state index contributed by atoms with van der Waals surface area (Å²) in [5, 5.41) is 0. The third-order valence-electron chi connectivity index (χ3n) is 4.91. The average Bonchev–Trinajstić information content (AvgIpc) is 2.89. The molecule has 0 aliphatic heterocycles. The van der Waals surface area contributed by atoms with Crippen LogP contribution in [0.2, 0.25) is 0 Å². The summed E-state index contributed by atoms with van der Waals surface area (Å²) in [5.74, 6) is -0.499. The Morgan fingerprint density at radius 2 is 1.46 bits per heavy atom. The minimum absolute atomic E-state index is 0.243. The Hall–Kier alpha value is -3.01. The summed E-state index contributed by atoms with van der Waals surface area (Å²) in [4.78, 5) is 4.57. The topological polar surface area (TPSA) is 17.8 Å². The smallest absolute Gasteiger partial charge is 0.123 e. The van der Waals surface area contributed by atoms with Crippen LogP contribution in [0.3, 0.4) is 0 Å². The van der Waals surface area contributed by atoms with Crippen LogP contribution in [0.15, 0.2) is 60.8 Å². The average molecular weight is 348 g/mol. The van der Waals surface area contributed by atoms with Crippen LogP contribution in [0.5, 0.6) is 0 Å². The third-order valence-corrected chi connectivity index (χ3v) is 4.91. The summed E-state index contributed by atoms with van der Waals surface area (Å²) >= 11 is 0. The molecule has 4 aromatic rings. The monoisotopic (exact) mass is 348 g/mol. The van der Waals surface area contributed by atoms with Gasteiger partial charge in [0, 0.05) is 24.0 Å². The highest BCUT2D eigenvalue weighted by Gasteiger charge is 2.16. The van der Waals surface area contributed by atoms with Crippen molar-refractivity contribution in [1.29, 1.82) is 0 Å². The van der Waals surface area contributed by atoms with Gasteiger partial charge >= 0.3 is 0 Å². The standard InChI is InChI=1S/C22H18F2N2/c1-14-15(2)26(13-16-3-7-18(23)8-4-16)22-20(11-12-25-21(14)22)17-5-9-19(24)10-6-17/h3-12H,13H2,1-2H3. The summed E-state index contributed by atoms with van der Waals surface area (Å²) in [6.07, 6.45) is 1.79. The molecular weight excluding hydrogens is 330 g/mol. The van der Waals surface area contributed by atoms with Crippen LogP contribution >= 0.6 is 0 Å². The molecule has 0 atom stereocenters. The van der Waals surface area contributed by atoms with E-state index in [0.717, 1.165) is 39.0 Å². The highest BCUT2D eigenvalue weighted by Crippen LogP contribution is 2.33. The number of benzene rings is 2. The number of pyridine rings is 1. The van der Waals surface area contributed by atoms with Crippen molar-refractivity contribution < 1.29 is 8.78 Å². The highest BCUT2D eigenvalue weighted by molar-refractivity contribution is 5.95. The van der Waals surface area contributed by atoms with Gasteiger partial charge in [0.15, 0.2) is 0 Å². The van der Waals surface area contributed by atoms with Crippen LogP contribution in [0.4, 0.5) is 8.78 Å². The van der Waals surface area contributed by atoms with Crippen molar-refractivity contribution in [2.24, 2.45) is 0 Å². The summed E-state index contributed by atoms with van der Waals surface area (Å²) < 4.78 is 28.8. The molecule has 2 heterocycles. The van der Waals surface area contributed by atoms with E-state index in [1.165, 1.54) is 24.3 Å². The van der Waals surface area contributed by atoms with E-state index in [9.17, 15) is 8.78 Å². The van der Waals surface area contributed by atoms with Gasteiger partial charge in [0.05, 0.1) is 11.0 Å². The Morgan fingerprint density at radius 3 is 2.12 bits per heavy atom. The molecule has 26 heavy (non-hydrogen) atoms. The number of aryl methyl sites for hydroxylation is 1. The molecule has 0 spiro atoms. The number of halogens is 2. The summed E-state index contributed by atoms with van der Waals surface area (Å²) in [6, 6.07) is 15.0. The number of hydrogen-bond donors (Lipinski definition) is 0. The van der Waals surface area contributed by atoms with E-state index in [4.69, 9.17) is 0 Å². The summed E-state index contributed by atoms with van der Waals surface area (Å²) in [5.41, 5.74) is 7.15. The number of nitrogens with zero attached hydrogens (tertiary/aromatic N) is 2. The molecule has 130 valence electrons. The quantitative estimate of drug-likeness (QED) is 0.468. The van der Waals surface area contributed by atoms with Gasteiger partial charge in [-0.15, -0.1) is 0 Å². The fraction of sp³-hybridized carbons (Fsp3) is 0.136. The zero-order valence-electron chi connectivity index (χ0n) is 14.6. The molecule has 0 aliphatic carbocycles. The molecule has 0 saturated heterocycles. The molecule has 2 nitrogen and oxygen atoms in total. The van der Waals surface area contributed by atoms with Gasteiger partial charge in [0.2, 0.25) is 0 Å². The van der Waals surface area contributed by atoms with E-state index < -0.39 is 0 Å². The maximum Gasteiger partial charge on any atom is 0.123 e. The van der Waals surface area contributed by atoms with Crippen molar-refractivity contribution in [2.45, 2.75) is 20.4 Å². The lowest BCUT2D eigenvalue weighted by Gasteiger charge is -2.12. The first-order valence-corrected chi connectivity index (χ1v) is 8.49. The zero-order chi connectivity index (χ0) is 18.3. The van der Waals surface area contributed by atoms with Crippen molar-refractivity contribution in [3.63, 3.8) is 0 Å². The predicted octanol–water partition coefficient (Wildman–Crippen LogP) is 5.65. The van der Waals surface area contributed by atoms with E-state index in [2.05, 4.69) is 23.4 Å². The molecule has 0 aliphatic rings. The van der Waals surface area contributed by atoms with Crippen LogP contribution in [-0.4, -0.2) is 9.55 Å². The van der Waals surface area contributed by atoms with E-state index in [1.54, 1.807) is 30.5 Å². The number of aromatic nitrogens is 2. The fourth-order valence-electron chi connectivity index (χ4n) is 3.38. The first-order valence-electron chi connectivity index (χ1n) is 8.49. The normalized spacial score (nSPS) is 11.2. The van der Waals surface area contributed by atoms with Gasteiger partial charge < -0.3 is 4.57 Å². The number of hydrogen-bond acceptors (Lipinski definition) is 1. The molecule has 2 aromatic heterocycles. The van der Waals surface area contributed by atoms with Gasteiger partial charge in [-0.05, 0) is 60.9 Å². The maximum atomic E-state index is 13.3. The van der Waals surface area contributed by atoms with Gasteiger partial charge in [-0.2, -0.15) is 0 Å². The minimum atomic E-state index is -0.256. The van der Waals surface area contributed by atoms with E-state index >= 15 is 0 Å². The molecule has 0 saturated carbocycles. The molecule has 0 fully saturated rings. The van der Waals surface area contributed by atoms with E-state index in [1.807, 2.05) is 6.07 Å². The predicted molar refractivity (Wildman–Crippen MR) is 100 cm³/mol. The SMILES string of the molecule is Cc1c(C)n(Cc2ccc(F)cc2)c2c(-c3ccc(F)cc3)ccnc12. The number of fused-ring (bicyclic) bond motifs is 1. The summed E-state index contributed by atoms with van der Waals surface area (Å²) in [6.45, 7) is 4.74. The number of rotatable bonds is 3. The second-order valence-electron chi connectivity index (χ2n) is 6.49. The zero-order valence-corrected chi connectivity index (χ0v) is 14.6. The van der Waals surface area contributed by atoms with Crippen molar-refractivity contribution in [3.8, 4) is 11.1 Å². The van der Waals surface area contributed by atoms with Crippen LogP contribution in [0.25, 0.3) is 22.2 Å². The molecule has 4 rings (SSSR count). The van der Waals surface area contributed by atoms with Crippen molar-refractivity contribution >= 4 is 11.0 Å². The van der Waals surface area contributed by atoms with E-state index in [0.29, 0.717) is 6.54 Å². The Bertz CT molecular complexity index is 1080. The van der Waals surface area contributed by atoms with Gasteiger partial charge in [-0.25, -0.2) is 8.78 Å². The molecule has 0 bridgehead atoms. The maximum absolute atomic E-state index is 13.3. The molecule has 0 radical (unpaired) electrons. The second-order valence-corrected chi connectivity index (χ2v) is 6.49. The summed E-state index contributed by atoms with van der Waals surface area (Å²) in [7, 11) is 0. The van der Waals surface area contributed by atoms with Crippen LogP contribution in [0, 0.1) is 25.5 Å². The second kappa shape index (κ2) is 6.37. The minimum Gasteiger partial charge on any atom is -0.338 e. The molecular formula is C22H18F2N2. The molecule has 0 amide bonds. The van der Waals surface area contributed by atoms with Crippen molar-refractivity contribution in [3.05, 3.63) is 89.2 Å². The Kier molecular flexibility index (Phi) is 4.03. The first kappa shape index (κ1) is 16.5. The van der Waals surface area contributed by atoms with Gasteiger partial charge in [0.25, 0.3) is 0 Å². The molecule has 4 heteroatoms. The van der Waals surface area contributed by atoms with Gasteiger partial charge in [0.1, 0.15) is 11.6 Å². The Balaban J connectivity index is 1.93. The Morgan fingerprint density at radius 1 is 0.846 bits per heavy atom. The van der Waals surface area contributed by atoms with Gasteiger partial charge in [-0.3, -0.25) is 4.98 Å². The van der Waals surface area contributed by atoms with Crippen molar-refractivity contribution in [1.82, 2.24) is 9.55 Å². The van der Waals surface area contributed by atoms with Crippen LogP contribution < -0.4 is 0 Å². The third kappa shape index (κ3) is 2.77. The molecule has 0 unspecified atom stereocenters. The van der Waals surface area contributed by atoms with E-state index in [-0.39, 0.29) is 11.6 Å². The lowest BCUT2D eigenvalue weighted by Crippen LogP contribution is -2.03. The lowest BCUT2D eigenvalue weighted by molar-refractivity contribution is 0.626. The lowest BCUT2D eigenvalue weighted by atomic mass is 10.0. The van der Waals surface area contributed by atoms with Crippen LogP contribution in [-0.2, 0) is 6.54 Å². The molecule has 2 aromatic carbocycles. The highest BCUT2D eigenvalue weighted by atomic mass is 19.1. The molecule has 0 N–H and O–H groups in total. The van der Waals surface area contributed by atoms with Crippen molar-refractivity contribution in [2.75, 3.05) is 0 Å². The van der Waals surface area contributed by atoms with Crippen LogP contribution in [0.1, 0.15) is 16.8 Å². The Labute approximate surface area is 150 Å². The first-order chi connectivity index (χ1) is 12.5. The largest absolute Gasteiger partial charge is 0.338 e. The fourth-order valence-corrected chi connectivity index (χ4v) is 3.38. The van der Waals surface area contributed by atoms with Gasteiger partial charge in [-0.1, -0.05) is 24.3 Å².